The number of urea groups is 2. The molecule has 0 spiro atoms. The van der Waals surface area contributed by atoms with Crippen LogP contribution in [0.15, 0.2) is 48.5 Å². The average Bonchev–Trinajstić information content (AvgIpc) is 2.94. The van der Waals surface area contributed by atoms with E-state index in [9.17, 15) is 9.59 Å². The highest BCUT2D eigenvalue weighted by molar-refractivity contribution is 6.00. The highest BCUT2D eigenvalue weighted by Crippen LogP contribution is 2.21. The van der Waals surface area contributed by atoms with E-state index in [2.05, 4.69) is 21.3 Å². The largest absolute Gasteiger partial charge is 0.335 e. The minimum Gasteiger partial charge on any atom is -0.335 e. The third-order valence-corrected chi connectivity index (χ3v) is 4.97. The van der Waals surface area contributed by atoms with E-state index in [0.29, 0.717) is 17.1 Å². The number of amides is 4. The summed E-state index contributed by atoms with van der Waals surface area (Å²) in [5.41, 5.74) is 2.95. The molecule has 0 bridgehead atoms. The van der Waals surface area contributed by atoms with Gasteiger partial charge in [0.2, 0.25) is 0 Å². The summed E-state index contributed by atoms with van der Waals surface area (Å²) in [6.07, 6.45) is 6.90. The zero-order valence-corrected chi connectivity index (χ0v) is 16.3. The summed E-state index contributed by atoms with van der Waals surface area (Å²) in [6.45, 7) is 1.93. The van der Waals surface area contributed by atoms with Crippen LogP contribution in [0.1, 0.15) is 44.1 Å². The normalized spacial score (nSPS) is 14.6. The molecule has 0 atom stereocenters. The van der Waals surface area contributed by atoms with Crippen molar-refractivity contribution in [2.45, 2.75) is 51.5 Å². The summed E-state index contributed by atoms with van der Waals surface area (Å²) < 4.78 is 0. The lowest BCUT2D eigenvalue weighted by atomic mass is 10.1. The van der Waals surface area contributed by atoms with Crippen molar-refractivity contribution in [2.24, 2.45) is 0 Å². The quantitative estimate of drug-likeness (QED) is 0.530. The fourth-order valence-electron chi connectivity index (χ4n) is 3.42. The second kappa shape index (κ2) is 9.78. The number of rotatable bonds is 4. The number of nitrogens with one attached hydrogen (secondary N) is 4. The van der Waals surface area contributed by atoms with Gasteiger partial charge in [-0.05, 0) is 49.6 Å². The number of para-hydroxylation sites is 1. The molecule has 4 N–H and O–H groups in total. The number of carbonyl (C=O) groups excluding carboxylic acids is 2. The number of carbonyl (C=O) groups is 2. The fourth-order valence-corrected chi connectivity index (χ4v) is 3.42. The number of hydrogen-bond donors (Lipinski definition) is 4. The lowest BCUT2D eigenvalue weighted by Gasteiger charge is -2.18. The summed E-state index contributed by atoms with van der Waals surface area (Å²) in [6, 6.07) is 14.4. The Kier molecular flexibility index (Phi) is 6.89. The van der Waals surface area contributed by atoms with E-state index in [1.807, 2.05) is 49.4 Å². The van der Waals surface area contributed by atoms with Crippen LogP contribution in [-0.2, 0) is 0 Å². The molecule has 28 heavy (non-hydrogen) atoms. The molecule has 0 saturated heterocycles. The number of hydrogen-bond acceptors (Lipinski definition) is 2. The lowest BCUT2D eigenvalue weighted by Crippen LogP contribution is -2.37. The number of aryl methyl sites for hydroxylation is 1. The van der Waals surface area contributed by atoms with Crippen LogP contribution >= 0.6 is 0 Å². The predicted molar refractivity (Wildman–Crippen MR) is 114 cm³/mol. The van der Waals surface area contributed by atoms with Crippen LogP contribution in [0.3, 0.4) is 0 Å². The van der Waals surface area contributed by atoms with Gasteiger partial charge in [-0.2, -0.15) is 0 Å². The fraction of sp³-hybridized carbons (Fsp3) is 0.364. The van der Waals surface area contributed by atoms with Gasteiger partial charge < -0.3 is 21.3 Å². The molecule has 0 unspecified atom stereocenters. The molecule has 1 fully saturated rings. The van der Waals surface area contributed by atoms with Crippen molar-refractivity contribution in [3.8, 4) is 0 Å². The smallest absolute Gasteiger partial charge is 0.323 e. The first-order chi connectivity index (χ1) is 13.6. The Morgan fingerprint density at radius 1 is 0.786 bits per heavy atom. The maximum Gasteiger partial charge on any atom is 0.323 e. The van der Waals surface area contributed by atoms with Crippen LogP contribution in [0.25, 0.3) is 0 Å². The molecule has 0 radical (unpaired) electrons. The minimum absolute atomic E-state index is 0.194. The van der Waals surface area contributed by atoms with Crippen LogP contribution in [0, 0.1) is 6.92 Å². The van der Waals surface area contributed by atoms with Gasteiger partial charge in [0, 0.05) is 23.1 Å². The van der Waals surface area contributed by atoms with Gasteiger partial charge >= 0.3 is 12.1 Å². The van der Waals surface area contributed by atoms with E-state index in [-0.39, 0.29) is 18.1 Å². The van der Waals surface area contributed by atoms with Crippen molar-refractivity contribution in [1.82, 2.24) is 5.32 Å². The van der Waals surface area contributed by atoms with E-state index in [1.54, 1.807) is 6.07 Å². The first-order valence-electron chi connectivity index (χ1n) is 9.91. The molecule has 0 aliphatic heterocycles. The molecule has 0 aromatic heterocycles. The highest BCUT2D eigenvalue weighted by Gasteiger charge is 2.15. The molecule has 2 aromatic rings. The van der Waals surface area contributed by atoms with Gasteiger partial charge in [-0.15, -0.1) is 0 Å². The summed E-state index contributed by atoms with van der Waals surface area (Å²) in [7, 11) is 0. The third kappa shape index (κ3) is 6.01. The lowest BCUT2D eigenvalue weighted by molar-refractivity contribution is 0.247. The van der Waals surface area contributed by atoms with Crippen LogP contribution in [0.2, 0.25) is 0 Å². The Hall–Kier alpha value is -3.02. The van der Waals surface area contributed by atoms with Gasteiger partial charge in [-0.25, -0.2) is 9.59 Å². The SMILES string of the molecule is Cc1ccc(NC(=O)Nc2ccccc2)cc1NC(=O)NC1CCCCCC1. The average molecular weight is 380 g/mol. The van der Waals surface area contributed by atoms with Gasteiger partial charge in [0.15, 0.2) is 0 Å². The molecule has 3 rings (SSSR count). The van der Waals surface area contributed by atoms with Gasteiger partial charge in [-0.3, -0.25) is 0 Å². The van der Waals surface area contributed by atoms with Gasteiger partial charge in [-0.1, -0.05) is 49.9 Å². The molecule has 1 saturated carbocycles. The molecule has 148 valence electrons. The first-order valence-corrected chi connectivity index (χ1v) is 9.91. The molecule has 1 aliphatic rings. The molecular formula is C22H28N4O2. The Morgan fingerprint density at radius 3 is 2.18 bits per heavy atom. The van der Waals surface area contributed by atoms with Crippen molar-refractivity contribution in [2.75, 3.05) is 16.0 Å². The van der Waals surface area contributed by atoms with E-state index in [1.165, 1.54) is 25.7 Å². The molecule has 2 aromatic carbocycles. The third-order valence-electron chi connectivity index (χ3n) is 4.97. The van der Waals surface area contributed by atoms with Gasteiger partial charge in [0.1, 0.15) is 0 Å². The molecule has 4 amide bonds. The minimum atomic E-state index is -0.330. The predicted octanol–water partition coefficient (Wildman–Crippen LogP) is 5.48. The van der Waals surface area contributed by atoms with Crippen LogP contribution in [0.5, 0.6) is 0 Å². The van der Waals surface area contributed by atoms with Crippen molar-refractivity contribution in [1.29, 1.82) is 0 Å². The highest BCUT2D eigenvalue weighted by atomic mass is 16.2. The van der Waals surface area contributed by atoms with Crippen molar-refractivity contribution >= 4 is 29.1 Å². The van der Waals surface area contributed by atoms with Gasteiger partial charge in [0.25, 0.3) is 0 Å². The molecule has 6 nitrogen and oxygen atoms in total. The number of benzene rings is 2. The summed E-state index contributed by atoms with van der Waals surface area (Å²) in [4.78, 5) is 24.6. The summed E-state index contributed by atoms with van der Waals surface area (Å²) >= 11 is 0. The van der Waals surface area contributed by atoms with Crippen molar-refractivity contribution in [3.63, 3.8) is 0 Å². The standard InChI is InChI=1S/C22H28N4O2/c1-16-13-14-19(25-21(27)23-17-11-7-4-8-12-17)15-20(16)26-22(28)24-18-9-5-2-3-6-10-18/h4,7-8,11-15,18H,2-3,5-6,9-10H2,1H3,(H2,23,25,27)(H2,24,26,28). The van der Waals surface area contributed by atoms with Gasteiger partial charge in [0.05, 0.1) is 0 Å². The second-order valence-corrected chi connectivity index (χ2v) is 7.26. The van der Waals surface area contributed by atoms with E-state index in [4.69, 9.17) is 0 Å². The Morgan fingerprint density at radius 2 is 1.46 bits per heavy atom. The second-order valence-electron chi connectivity index (χ2n) is 7.26. The molecule has 6 heteroatoms. The maximum atomic E-state index is 12.4. The molecule has 1 aliphatic carbocycles. The monoisotopic (exact) mass is 380 g/mol. The van der Waals surface area contributed by atoms with Crippen molar-refractivity contribution < 1.29 is 9.59 Å². The van der Waals surface area contributed by atoms with Crippen LogP contribution in [-0.4, -0.2) is 18.1 Å². The van der Waals surface area contributed by atoms with Crippen molar-refractivity contribution in [3.05, 3.63) is 54.1 Å². The Labute approximate surface area is 166 Å². The van der Waals surface area contributed by atoms with E-state index in [0.717, 1.165) is 18.4 Å². The Bertz CT molecular complexity index is 799. The zero-order chi connectivity index (χ0) is 19.8. The van der Waals surface area contributed by atoms with E-state index >= 15 is 0 Å². The van der Waals surface area contributed by atoms with E-state index < -0.39 is 0 Å². The summed E-state index contributed by atoms with van der Waals surface area (Å²) in [5, 5.41) is 11.6. The molecular weight excluding hydrogens is 352 g/mol. The topological polar surface area (TPSA) is 82.3 Å². The van der Waals surface area contributed by atoms with Crippen LogP contribution < -0.4 is 21.3 Å². The summed E-state index contributed by atoms with van der Waals surface area (Å²) in [5.74, 6) is 0. The first kappa shape index (κ1) is 19.7. The molecule has 0 heterocycles. The zero-order valence-electron chi connectivity index (χ0n) is 16.3. The maximum absolute atomic E-state index is 12.4. The van der Waals surface area contributed by atoms with Crippen LogP contribution in [0.4, 0.5) is 26.7 Å². The Balaban J connectivity index is 1.57. The number of anilines is 3.